The molecule has 0 aromatic heterocycles. The number of benzene rings is 2. The van der Waals surface area contributed by atoms with Crippen LogP contribution in [-0.4, -0.2) is 47.1 Å². The molecule has 1 saturated heterocycles. The first kappa shape index (κ1) is 21.1. The molecule has 0 radical (unpaired) electrons. The summed E-state index contributed by atoms with van der Waals surface area (Å²) in [6.45, 7) is 2.55. The molecule has 1 aliphatic heterocycles. The molecule has 0 aliphatic carbocycles. The summed E-state index contributed by atoms with van der Waals surface area (Å²) < 4.78 is 0. The molecule has 0 bridgehead atoms. The van der Waals surface area contributed by atoms with Gasteiger partial charge < -0.3 is 15.3 Å². The normalized spacial score (nSPS) is 18.6. The van der Waals surface area contributed by atoms with Crippen LogP contribution in [0.15, 0.2) is 54.6 Å². The van der Waals surface area contributed by atoms with Crippen molar-refractivity contribution in [1.29, 1.82) is 0 Å². The number of nitrogens with one attached hydrogen (secondary N) is 1. The Morgan fingerprint density at radius 1 is 1.07 bits per heavy atom. The van der Waals surface area contributed by atoms with E-state index in [4.69, 9.17) is 0 Å². The highest BCUT2D eigenvalue weighted by Gasteiger charge is 2.43. The first-order chi connectivity index (χ1) is 14.0. The Morgan fingerprint density at radius 3 is 2.48 bits per heavy atom. The molecule has 1 heterocycles. The van der Waals surface area contributed by atoms with E-state index in [0.29, 0.717) is 25.8 Å². The van der Waals surface area contributed by atoms with Crippen LogP contribution in [0.3, 0.4) is 0 Å². The third-order valence-electron chi connectivity index (χ3n) is 5.77. The molecule has 2 amide bonds. The zero-order valence-electron chi connectivity index (χ0n) is 17.1. The van der Waals surface area contributed by atoms with E-state index in [1.54, 1.807) is 4.90 Å². The molecule has 0 spiro atoms. The summed E-state index contributed by atoms with van der Waals surface area (Å²) in [5.74, 6) is -0.257. The smallest absolute Gasteiger partial charge is 0.242 e. The van der Waals surface area contributed by atoms with Crippen molar-refractivity contribution in [3.8, 4) is 0 Å². The van der Waals surface area contributed by atoms with Crippen LogP contribution in [0.25, 0.3) is 0 Å². The SMILES string of the molecule is Cc1ccc(CCC(=O)NCC(=O)N2CCC[C@]2(CO)Cc2ccccc2)cc1. The van der Waals surface area contributed by atoms with Gasteiger partial charge in [0.1, 0.15) is 0 Å². The minimum absolute atomic E-state index is 0.0245. The van der Waals surface area contributed by atoms with Crippen LogP contribution in [0.1, 0.15) is 36.0 Å². The maximum absolute atomic E-state index is 12.8. The van der Waals surface area contributed by atoms with Crippen LogP contribution in [0.5, 0.6) is 0 Å². The molecule has 3 rings (SSSR count). The summed E-state index contributed by atoms with van der Waals surface area (Å²) in [4.78, 5) is 26.8. The van der Waals surface area contributed by atoms with Crippen molar-refractivity contribution in [2.24, 2.45) is 0 Å². The minimum atomic E-state index is -0.578. The molecule has 5 heteroatoms. The lowest BCUT2D eigenvalue weighted by atomic mass is 9.88. The molecule has 5 nitrogen and oxygen atoms in total. The summed E-state index contributed by atoms with van der Waals surface area (Å²) in [5, 5.41) is 12.9. The average molecular weight is 395 g/mol. The number of aryl methyl sites for hydroxylation is 2. The third kappa shape index (κ3) is 5.45. The minimum Gasteiger partial charge on any atom is -0.394 e. The Labute approximate surface area is 172 Å². The predicted octanol–water partition coefficient (Wildman–Crippen LogP) is 2.64. The van der Waals surface area contributed by atoms with E-state index in [9.17, 15) is 14.7 Å². The number of carbonyl (C=O) groups is 2. The van der Waals surface area contributed by atoms with Crippen molar-refractivity contribution in [3.05, 3.63) is 71.3 Å². The fourth-order valence-electron chi connectivity index (χ4n) is 4.08. The molecule has 1 fully saturated rings. The van der Waals surface area contributed by atoms with Crippen molar-refractivity contribution < 1.29 is 14.7 Å². The van der Waals surface area contributed by atoms with Crippen LogP contribution in [-0.2, 0) is 22.4 Å². The molecule has 0 unspecified atom stereocenters. The van der Waals surface area contributed by atoms with Gasteiger partial charge in [-0.25, -0.2) is 0 Å². The molecule has 1 aliphatic rings. The fourth-order valence-corrected chi connectivity index (χ4v) is 4.08. The second-order valence-electron chi connectivity index (χ2n) is 7.96. The van der Waals surface area contributed by atoms with E-state index < -0.39 is 5.54 Å². The highest BCUT2D eigenvalue weighted by atomic mass is 16.3. The second kappa shape index (κ2) is 9.70. The molecule has 1 atom stereocenters. The van der Waals surface area contributed by atoms with Gasteiger partial charge in [-0.05, 0) is 43.7 Å². The van der Waals surface area contributed by atoms with Gasteiger partial charge in [0.05, 0.1) is 18.7 Å². The molecule has 154 valence electrons. The molecule has 2 aromatic carbocycles. The van der Waals surface area contributed by atoms with Gasteiger partial charge in [0.15, 0.2) is 0 Å². The van der Waals surface area contributed by atoms with Crippen molar-refractivity contribution in [2.75, 3.05) is 19.7 Å². The lowest BCUT2D eigenvalue weighted by Gasteiger charge is -2.37. The monoisotopic (exact) mass is 394 g/mol. The summed E-state index contributed by atoms with van der Waals surface area (Å²) in [7, 11) is 0. The van der Waals surface area contributed by atoms with Gasteiger partial charge in [0.2, 0.25) is 11.8 Å². The van der Waals surface area contributed by atoms with E-state index in [2.05, 4.69) is 5.32 Å². The lowest BCUT2D eigenvalue weighted by molar-refractivity contribution is -0.137. The largest absolute Gasteiger partial charge is 0.394 e. The first-order valence-corrected chi connectivity index (χ1v) is 10.3. The van der Waals surface area contributed by atoms with Crippen molar-refractivity contribution in [1.82, 2.24) is 10.2 Å². The molecular weight excluding hydrogens is 364 g/mol. The molecule has 0 saturated carbocycles. The van der Waals surface area contributed by atoms with Crippen LogP contribution >= 0.6 is 0 Å². The van der Waals surface area contributed by atoms with E-state index in [0.717, 1.165) is 24.0 Å². The Balaban J connectivity index is 1.53. The van der Waals surface area contributed by atoms with Gasteiger partial charge in [0.25, 0.3) is 0 Å². The molecule has 29 heavy (non-hydrogen) atoms. The van der Waals surface area contributed by atoms with Gasteiger partial charge in [-0.2, -0.15) is 0 Å². The highest BCUT2D eigenvalue weighted by Crippen LogP contribution is 2.32. The van der Waals surface area contributed by atoms with E-state index in [1.165, 1.54) is 5.56 Å². The number of likely N-dealkylation sites (tertiary alicyclic amines) is 1. The highest BCUT2D eigenvalue weighted by molar-refractivity contribution is 5.85. The van der Waals surface area contributed by atoms with Crippen molar-refractivity contribution >= 4 is 11.8 Å². The van der Waals surface area contributed by atoms with Gasteiger partial charge in [-0.15, -0.1) is 0 Å². The zero-order valence-corrected chi connectivity index (χ0v) is 17.1. The van der Waals surface area contributed by atoms with Crippen LogP contribution in [0, 0.1) is 6.92 Å². The predicted molar refractivity (Wildman–Crippen MR) is 113 cm³/mol. The quantitative estimate of drug-likeness (QED) is 0.723. The second-order valence-corrected chi connectivity index (χ2v) is 7.96. The van der Waals surface area contributed by atoms with Crippen molar-refractivity contribution in [3.63, 3.8) is 0 Å². The van der Waals surface area contributed by atoms with Crippen LogP contribution in [0.4, 0.5) is 0 Å². The van der Waals surface area contributed by atoms with Gasteiger partial charge in [-0.3, -0.25) is 9.59 Å². The van der Waals surface area contributed by atoms with Crippen molar-refractivity contribution in [2.45, 2.75) is 44.6 Å². The molecular formula is C24H30N2O3. The Bertz CT molecular complexity index is 820. The standard InChI is InChI=1S/C24H30N2O3/c1-19-8-10-20(11-9-19)12-13-22(28)25-17-23(29)26-15-5-14-24(26,18-27)16-21-6-3-2-4-7-21/h2-4,6-11,27H,5,12-18H2,1H3,(H,25,28)/t24-/m1/s1. The zero-order chi connectivity index (χ0) is 20.7. The summed E-state index contributed by atoms with van der Waals surface area (Å²) in [6, 6.07) is 18.0. The lowest BCUT2D eigenvalue weighted by Crippen LogP contribution is -2.54. The van der Waals surface area contributed by atoms with Gasteiger partial charge in [-0.1, -0.05) is 60.2 Å². The number of aliphatic hydroxyl groups excluding tert-OH is 1. The molecule has 2 N–H and O–H groups in total. The number of hydrogen-bond donors (Lipinski definition) is 2. The third-order valence-corrected chi connectivity index (χ3v) is 5.77. The maximum Gasteiger partial charge on any atom is 0.242 e. The summed E-state index contributed by atoms with van der Waals surface area (Å²) in [5.41, 5.74) is 2.82. The maximum atomic E-state index is 12.8. The number of amides is 2. The van der Waals surface area contributed by atoms with Gasteiger partial charge in [0, 0.05) is 13.0 Å². The van der Waals surface area contributed by atoms with Crippen LogP contribution < -0.4 is 5.32 Å². The number of aliphatic hydroxyl groups is 1. The van der Waals surface area contributed by atoms with E-state index >= 15 is 0 Å². The Kier molecular flexibility index (Phi) is 7.04. The average Bonchev–Trinajstić information content (AvgIpc) is 3.16. The number of carbonyl (C=O) groups excluding carboxylic acids is 2. The molecule has 2 aromatic rings. The first-order valence-electron chi connectivity index (χ1n) is 10.3. The van der Waals surface area contributed by atoms with Crippen LogP contribution in [0.2, 0.25) is 0 Å². The number of nitrogens with zero attached hydrogens (tertiary/aromatic N) is 1. The van der Waals surface area contributed by atoms with E-state index in [-0.39, 0.29) is 25.0 Å². The van der Waals surface area contributed by atoms with E-state index in [1.807, 2.05) is 61.5 Å². The Hall–Kier alpha value is -2.66. The summed E-state index contributed by atoms with van der Waals surface area (Å²) >= 11 is 0. The fraction of sp³-hybridized carbons (Fsp3) is 0.417. The van der Waals surface area contributed by atoms with Gasteiger partial charge >= 0.3 is 0 Å². The topological polar surface area (TPSA) is 69.6 Å². The summed E-state index contributed by atoms with van der Waals surface area (Å²) in [6.07, 6.45) is 3.26. The number of rotatable bonds is 8. The Morgan fingerprint density at radius 2 is 1.79 bits per heavy atom. The number of hydrogen-bond acceptors (Lipinski definition) is 3.